The number of carboxylic acids is 1. The molecule has 0 radical (unpaired) electrons. The van der Waals surface area contributed by atoms with Crippen LogP contribution in [0.15, 0.2) is 24.3 Å². The van der Waals surface area contributed by atoms with Crippen LogP contribution in [0.2, 0.25) is 0 Å². The minimum atomic E-state index is -0.931. The number of carboxylic acid groups (broad SMARTS) is 1. The molecule has 24 heavy (non-hydrogen) atoms. The van der Waals surface area contributed by atoms with Crippen LogP contribution in [-0.2, 0) is 16.1 Å². The second-order valence-corrected chi connectivity index (χ2v) is 6.40. The highest BCUT2D eigenvalue weighted by atomic mass is 16.4. The van der Waals surface area contributed by atoms with Gasteiger partial charge in [0.1, 0.15) is 0 Å². The predicted octanol–water partition coefficient (Wildman–Crippen LogP) is -0.327. The Hall–Kier alpha value is -1.96. The molecule has 1 aromatic carbocycles. The Kier molecular flexibility index (Phi) is 6.30. The van der Waals surface area contributed by atoms with E-state index in [1.807, 2.05) is 36.1 Å². The zero-order valence-electron chi connectivity index (χ0n) is 14.1. The van der Waals surface area contributed by atoms with Crippen LogP contribution < -0.4 is 5.32 Å². The molecular weight excluding hydrogens is 310 g/mol. The molecule has 0 aliphatic carbocycles. The van der Waals surface area contributed by atoms with E-state index in [2.05, 4.69) is 5.32 Å². The van der Waals surface area contributed by atoms with Gasteiger partial charge in [0.15, 0.2) is 0 Å². The number of aliphatic carboxylic acids is 1. The van der Waals surface area contributed by atoms with E-state index in [1.165, 1.54) is 0 Å². The average molecular weight is 335 g/mol. The minimum Gasteiger partial charge on any atom is -0.480 e. The number of rotatable bonds is 7. The fourth-order valence-corrected chi connectivity index (χ4v) is 3.02. The molecule has 1 saturated heterocycles. The van der Waals surface area contributed by atoms with Crippen LogP contribution in [0.1, 0.15) is 11.1 Å². The number of nitrogens with one attached hydrogen (secondary N) is 1. The molecule has 0 spiro atoms. The van der Waals surface area contributed by atoms with Gasteiger partial charge in [0, 0.05) is 25.7 Å². The molecule has 7 heteroatoms. The predicted molar refractivity (Wildman–Crippen MR) is 89.5 cm³/mol. The lowest BCUT2D eigenvalue weighted by atomic mass is 10.1. The quantitative estimate of drug-likeness (QED) is 0.632. The molecule has 3 N–H and O–H groups in total. The summed E-state index contributed by atoms with van der Waals surface area (Å²) in [6.45, 7) is 3.38. The average Bonchev–Trinajstić information content (AvgIpc) is 2.85. The normalized spacial score (nSPS) is 21.2. The summed E-state index contributed by atoms with van der Waals surface area (Å²) in [6, 6.07) is 7.67. The van der Waals surface area contributed by atoms with E-state index in [4.69, 9.17) is 5.11 Å². The van der Waals surface area contributed by atoms with E-state index in [0.29, 0.717) is 19.6 Å². The number of carbonyl (C=O) groups is 2. The number of hydrogen-bond acceptors (Lipinski definition) is 5. The molecule has 1 aromatic rings. The zero-order valence-corrected chi connectivity index (χ0v) is 14.1. The van der Waals surface area contributed by atoms with Crippen molar-refractivity contribution in [2.75, 3.05) is 33.2 Å². The third kappa shape index (κ3) is 5.30. The van der Waals surface area contributed by atoms with E-state index in [-0.39, 0.29) is 25.0 Å². The first kappa shape index (κ1) is 18.4. The number of aryl methyl sites for hydroxylation is 1. The van der Waals surface area contributed by atoms with Crippen molar-refractivity contribution in [1.82, 2.24) is 15.1 Å². The van der Waals surface area contributed by atoms with E-state index >= 15 is 0 Å². The van der Waals surface area contributed by atoms with Crippen molar-refractivity contribution in [1.29, 1.82) is 0 Å². The molecular formula is C17H25N3O4. The Morgan fingerprint density at radius 3 is 2.79 bits per heavy atom. The van der Waals surface area contributed by atoms with Crippen molar-refractivity contribution < 1.29 is 19.8 Å². The van der Waals surface area contributed by atoms with Crippen molar-refractivity contribution in [3.63, 3.8) is 0 Å². The number of amides is 1. The maximum atomic E-state index is 12.1. The highest BCUT2D eigenvalue weighted by Crippen LogP contribution is 2.14. The standard InChI is InChI=1S/C17H25N3O4/c1-12-4-3-5-13(6-12)7-18-16(22)10-20-8-14(15(21)9-20)19(2)11-17(23)24/h3-6,14-15,21H,7-11H2,1-2H3,(H,18,22)(H,23,24)/t14-,15+/m0/s1. The first-order valence-corrected chi connectivity index (χ1v) is 8.00. The number of hydrogen-bond donors (Lipinski definition) is 3. The number of nitrogens with zero attached hydrogens (tertiary/aromatic N) is 2. The number of aliphatic hydroxyl groups excluding tert-OH is 1. The smallest absolute Gasteiger partial charge is 0.317 e. The zero-order chi connectivity index (χ0) is 17.7. The van der Waals surface area contributed by atoms with E-state index < -0.39 is 12.1 Å². The number of β-amino-alcohol motifs (C(OH)–C–C–N with tert-alkyl or cyclic N) is 1. The van der Waals surface area contributed by atoms with Gasteiger partial charge in [0.25, 0.3) is 0 Å². The molecule has 0 bridgehead atoms. The van der Waals surface area contributed by atoms with Crippen LogP contribution in [0.3, 0.4) is 0 Å². The van der Waals surface area contributed by atoms with Gasteiger partial charge in [-0.1, -0.05) is 29.8 Å². The summed E-state index contributed by atoms with van der Waals surface area (Å²) in [7, 11) is 1.67. The number of carbonyl (C=O) groups excluding carboxylic acids is 1. The summed E-state index contributed by atoms with van der Waals surface area (Å²) in [5, 5.41) is 21.8. The number of aliphatic hydroxyl groups is 1. The maximum Gasteiger partial charge on any atom is 0.317 e. The summed E-state index contributed by atoms with van der Waals surface area (Å²) in [5.74, 6) is -1.04. The van der Waals surface area contributed by atoms with Crippen molar-refractivity contribution in [2.45, 2.75) is 25.6 Å². The van der Waals surface area contributed by atoms with Crippen LogP contribution in [0.5, 0.6) is 0 Å². The fourth-order valence-electron chi connectivity index (χ4n) is 3.02. The van der Waals surface area contributed by atoms with Crippen LogP contribution >= 0.6 is 0 Å². The van der Waals surface area contributed by atoms with Gasteiger partial charge in [-0.3, -0.25) is 19.4 Å². The Morgan fingerprint density at radius 1 is 1.38 bits per heavy atom. The number of likely N-dealkylation sites (tertiary alicyclic amines) is 1. The van der Waals surface area contributed by atoms with Crippen molar-refractivity contribution in [2.24, 2.45) is 0 Å². The van der Waals surface area contributed by atoms with Crippen LogP contribution in [-0.4, -0.2) is 77.3 Å². The monoisotopic (exact) mass is 335 g/mol. The summed E-state index contributed by atoms with van der Waals surface area (Å²) >= 11 is 0. The molecule has 7 nitrogen and oxygen atoms in total. The van der Waals surface area contributed by atoms with Gasteiger partial charge in [-0.05, 0) is 19.5 Å². The first-order chi connectivity index (χ1) is 11.3. The minimum absolute atomic E-state index is 0.106. The molecule has 1 amide bonds. The third-order valence-electron chi connectivity index (χ3n) is 4.22. The van der Waals surface area contributed by atoms with Gasteiger partial charge >= 0.3 is 5.97 Å². The number of likely N-dealkylation sites (N-methyl/N-ethyl adjacent to an activating group) is 1. The molecule has 1 heterocycles. The van der Waals surface area contributed by atoms with Gasteiger partial charge in [0.2, 0.25) is 5.91 Å². The van der Waals surface area contributed by atoms with E-state index in [1.54, 1.807) is 11.9 Å². The van der Waals surface area contributed by atoms with Gasteiger partial charge in [-0.2, -0.15) is 0 Å². The van der Waals surface area contributed by atoms with E-state index in [9.17, 15) is 14.7 Å². The molecule has 1 aliphatic rings. The molecule has 1 fully saturated rings. The van der Waals surface area contributed by atoms with Gasteiger partial charge in [-0.25, -0.2) is 0 Å². The lowest BCUT2D eigenvalue weighted by molar-refractivity contribution is -0.138. The second kappa shape index (κ2) is 8.23. The molecule has 2 rings (SSSR count). The van der Waals surface area contributed by atoms with Gasteiger partial charge in [-0.15, -0.1) is 0 Å². The summed E-state index contributed by atoms with van der Waals surface area (Å²) in [5.41, 5.74) is 2.19. The first-order valence-electron chi connectivity index (χ1n) is 8.00. The molecule has 132 valence electrons. The molecule has 0 aromatic heterocycles. The molecule has 2 atom stereocenters. The SMILES string of the molecule is Cc1cccc(CNC(=O)CN2C[C@@H](O)[C@@H](N(C)CC(=O)O)C2)c1. The topological polar surface area (TPSA) is 93.1 Å². The molecule has 0 unspecified atom stereocenters. The Balaban J connectivity index is 1.79. The second-order valence-electron chi connectivity index (χ2n) is 6.40. The van der Waals surface area contributed by atoms with Gasteiger partial charge in [0.05, 0.1) is 19.2 Å². The van der Waals surface area contributed by atoms with Crippen LogP contribution in [0, 0.1) is 6.92 Å². The molecule has 1 aliphatic heterocycles. The van der Waals surface area contributed by atoms with E-state index in [0.717, 1.165) is 11.1 Å². The van der Waals surface area contributed by atoms with Crippen molar-refractivity contribution in [3.05, 3.63) is 35.4 Å². The lowest BCUT2D eigenvalue weighted by Gasteiger charge is -2.24. The lowest BCUT2D eigenvalue weighted by Crippen LogP contribution is -2.43. The number of benzene rings is 1. The maximum absolute atomic E-state index is 12.1. The molecule has 0 saturated carbocycles. The summed E-state index contributed by atoms with van der Waals surface area (Å²) in [4.78, 5) is 26.3. The Bertz CT molecular complexity index is 593. The highest BCUT2D eigenvalue weighted by molar-refractivity contribution is 5.78. The van der Waals surface area contributed by atoms with Crippen molar-refractivity contribution >= 4 is 11.9 Å². The largest absolute Gasteiger partial charge is 0.480 e. The third-order valence-corrected chi connectivity index (χ3v) is 4.22. The highest BCUT2D eigenvalue weighted by Gasteiger charge is 2.35. The fraction of sp³-hybridized carbons (Fsp3) is 0.529. The van der Waals surface area contributed by atoms with Crippen molar-refractivity contribution in [3.8, 4) is 0 Å². The Labute approximate surface area is 141 Å². The van der Waals surface area contributed by atoms with Crippen LogP contribution in [0.4, 0.5) is 0 Å². The summed E-state index contributed by atoms with van der Waals surface area (Å²) < 4.78 is 0. The van der Waals surface area contributed by atoms with Gasteiger partial charge < -0.3 is 15.5 Å². The summed E-state index contributed by atoms with van der Waals surface area (Å²) in [6.07, 6.45) is -0.654. The Morgan fingerprint density at radius 2 is 2.12 bits per heavy atom. The van der Waals surface area contributed by atoms with Crippen LogP contribution in [0.25, 0.3) is 0 Å².